The number of alkyl halides is 1. The summed E-state index contributed by atoms with van der Waals surface area (Å²) in [5.74, 6) is 0.416. The van der Waals surface area contributed by atoms with Crippen LogP contribution in [0.5, 0.6) is 0 Å². The topological polar surface area (TPSA) is 74.8 Å². The molecule has 0 aliphatic carbocycles. The van der Waals surface area contributed by atoms with Crippen molar-refractivity contribution in [2.45, 2.75) is 19.9 Å². The maximum Gasteiger partial charge on any atom is 0.211 e. The lowest BCUT2D eigenvalue weighted by Gasteiger charge is -2.04. The van der Waals surface area contributed by atoms with Gasteiger partial charge in [-0.15, -0.1) is 11.6 Å². The van der Waals surface area contributed by atoms with Crippen LogP contribution in [0.25, 0.3) is 0 Å². The number of sulfonamides is 1. The lowest BCUT2D eigenvalue weighted by molar-refractivity contribution is 0.580. The Labute approximate surface area is 94.3 Å². The predicted molar refractivity (Wildman–Crippen MR) is 59.3 cm³/mol. The Morgan fingerprint density at radius 3 is 2.87 bits per heavy atom. The van der Waals surface area contributed by atoms with Gasteiger partial charge in [0.1, 0.15) is 0 Å². The zero-order chi connectivity index (χ0) is 11.3. The van der Waals surface area contributed by atoms with Crippen LogP contribution in [-0.2, 0) is 16.6 Å². The van der Waals surface area contributed by atoms with Crippen LogP contribution >= 0.6 is 11.6 Å². The van der Waals surface area contributed by atoms with Crippen molar-refractivity contribution >= 4 is 21.6 Å². The molecule has 1 rings (SSSR count). The molecule has 5 nitrogen and oxygen atoms in total. The number of hydrogen-bond acceptors (Lipinski definition) is 3. The minimum atomic E-state index is -3.21. The first-order valence-electron chi connectivity index (χ1n) is 4.57. The maximum absolute atomic E-state index is 11.4. The molecule has 0 saturated heterocycles. The van der Waals surface area contributed by atoms with E-state index in [9.17, 15) is 8.42 Å². The molecule has 15 heavy (non-hydrogen) atoms. The first kappa shape index (κ1) is 12.5. The van der Waals surface area contributed by atoms with Gasteiger partial charge in [-0.2, -0.15) is 5.10 Å². The first-order chi connectivity index (χ1) is 7.05. The van der Waals surface area contributed by atoms with E-state index in [2.05, 4.69) is 14.9 Å². The largest absolute Gasteiger partial charge is 0.283 e. The lowest BCUT2D eigenvalue weighted by Crippen LogP contribution is -2.26. The highest BCUT2D eigenvalue weighted by molar-refractivity contribution is 7.89. The fourth-order valence-corrected chi connectivity index (χ4v) is 2.39. The Bertz CT molecular complexity index is 402. The van der Waals surface area contributed by atoms with Crippen LogP contribution in [0, 0.1) is 6.92 Å². The number of aryl methyl sites for hydroxylation is 1. The number of nitrogens with zero attached hydrogens (tertiary/aromatic N) is 1. The molecule has 0 unspecified atom stereocenters. The number of H-pyrrole nitrogens is 1. The summed E-state index contributed by atoms with van der Waals surface area (Å²) in [5.41, 5.74) is 1.72. The van der Waals surface area contributed by atoms with Crippen molar-refractivity contribution in [3.8, 4) is 0 Å². The molecule has 1 heterocycles. The van der Waals surface area contributed by atoms with Gasteiger partial charge in [-0.1, -0.05) is 0 Å². The fraction of sp³-hybridized carbons (Fsp3) is 0.625. The zero-order valence-corrected chi connectivity index (χ0v) is 10.0. The number of aromatic nitrogens is 2. The van der Waals surface area contributed by atoms with Gasteiger partial charge in [-0.3, -0.25) is 5.10 Å². The van der Waals surface area contributed by atoms with Gasteiger partial charge in [-0.05, 0) is 13.3 Å². The summed E-state index contributed by atoms with van der Waals surface area (Å²) in [6.45, 7) is 2.11. The Hall–Kier alpha value is -0.590. The molecule has 0 amide bonds. The minimum absolute atomic E-state index is 0.0629. The molecular weight excluding hydrogens is 238 g/mol. The van der Waals surface area contributed by atoms with Crippen molar-refractivity contribution in [1.82, 2.24) is 14.9 Å². The van der Waals surface area contributed by atoms with Crippen LogP contribution in [0.3, 0.4) is 0 Å². The van der Waals surface area contributed by atoms with Crippen molar-refractivity contribution in [3.63, 3.8) is 0 Å². The van der Waals surface area contributed by atoms with Crippen LogP contribution in [-0.4, -0.2) is 30.2 Å². The molecular formula is C8H14ClN3O2S. The molecule has 0 aliphatic heterocycles. The summed E-state index contributed by atoms with van der Waals surface area (Å²) in [6, 6.07) is 0. The number of aromatic amines is 1. The molecule has 0 bridgehead atoms. The molecule has 0 radical (unpaired) electrons. The van der Waals surface area contributed by atoms with Crippen molar-refractivity contribution in [1.29, 1.82) is 0 Å². The predicted octanol–water partition coefficient (Wildman–Crippen LogP) is 0.766. The highest BCUT2D eigenvalue weighted by Crippen LogP contribution is 2.02. The summed E-state index contributed by atoms with van der Waals surface area (Å²) in [7, 11) is -3.21. The standard InChI is InChI=1S/C8H14ClN3O2S/c1-7-8(5-10-12-7)6-11-15(13,14)4-2-3-9/h5,11H,2-4,6H2,1H3,(H,10,12). The Morgan fingerprint density at radius 1 is 1.60 bits per heavy atom. The van der Waals surface area contributed by atoms with E-state index in [-0.39, 0.29) is 12.3 Å². The van der Waals surface area contributed by atoms with Gasteiger partial charge in [0.05, 0.1) is 11.9 Å². The second-order valence-electron chi connectivity index (χ2n) is 3.20. The third kappa shape index (κ3) is 4.19. The van der Waals surface area contributed by atoms with Crippen molar-refractivity contribution in [2.75, 3.05) is 11.6 Å². The third-order valence-electron chi connectivity index (χ3n) is 1.96. The quantitative estimate of drug-likeness (QED) is 0.734. The molecule has 0 fully saturated rings. The van der Waals surface area contributed by atoms with Gasteiger partial charge >= 0.3 is 0 Å². The molecule has 1 aromatic rings. The van der Waals surface area contributed by atoms with E-state index in [0.29, 0.717) is 12.3 Å². The van der Waals surface area contributed by atoms with E-state index in [1.807, 2.05) is 6.92 Å². The van der Waals surface area contributed by atoms with E-state index in [4.69, 9.17) is 11.6 Å². The van der Waals surface area contributed by atoms with Gasteiger partial charge < -0.3 is 0 Å². The molecule has 0 atom stereocenters. The summed E-state index contributed by atoms with van der Waals surface area (Å²) in [4.78, 5) is 0. The van der Waals surface area contributed by atoms with E-state index in [1.54, 1.807) is 6.20 Å². The molecule has 0 aromatic carbocycles. The lowest BCUT2D eigenvalue weighted by atomic mass is 10.3. The summed E-state index contributed by atoms with van der Waals surface area (Å²) < 4.78 is 25.3. The molecule has 1 aromatic heterocycles. The molecule has 0 saturated carbocycles. The Balaban J connectivity index is 2.46. The second-order valence-corrected chi connectivity index (χ2v) is 5.51. The molecule has 2 N–H and O–H groups in total. The number of hydrogen-bond donors (Lipinski definition) is 2. The molecule has 0 aliphatic rings. The van der Waals surface area contributed by atoms with Gasteiger partial charge in [0.2, 0.25) is 10.0 Å². The minimum Gasteiger partial charge on any atom is -0.283 e. The maximum atomic E-state index is 11.4. The van der Waals surface area contributed by atoms with Gasteiger partial charge in [0.25, 0.3) is 0 Å². The van der Waals surface area contributed by atoms with Gasteiger partial charge in [-0.25, -0.2) is 13.1 Å². The van der Waals surface area contributed by atoms with Crippen molar-refractivity contribution in [3.05, 3.63) is 17.5 Å². The first-order valence-corrected chi connectivity index (χ1v) is 6.76. The van der Waals surface area contributed by atoms with Crippen molar-refractivity contribution in [2.24, 2.45) is 0 Å². The molecule has 0 spiro atoms. The highest BCUT2D eigenvalue weighted by Gasteiger charge is 2.10. The average Bonchev–Trinajstić information content (AvgIpc) is 2.58. The molecule has 7 heteroatoms. The van der Waals surface area contributed by atoms with Gasteiger partial charge in [0.15, 0.2) is 0 Å². The van der Waals surface area contributed by atoms with Gasteiger partial charge in [0, 0.05) is 23.7 Å². The van der Waals surface area contributed by atoms with Crippen molar-refractivity contribution < 1.29 is 8.42 Å². The fourth-order valence-electron chi connectivity index (χ4n) is 1.06. The second kappa shape index (κ2) is 5.48. The molecule has 86 valence electrons. The van der Waals surface area contributed by atoms with E-state index in [0.717, 1.165) is 11.3 Å². The Morgan fingerprint density at radius 2 is 2.33 bits per heavy atom. The smallest absolute Gasteiger partial charge is 0.211 e. The normalized spacial score (nSPS) is 11.9. The number of nitrogens with one attached hydrogen (secondary N) is 2. The van der Waals surface area contributed by atoms with E-state index < -0.39 is 10.0 Å². The third-order valence-corrected chi connectivity index (χ3v) is 3.64. The number of rotatable bonds is 6. The van der Waals surface area contributed by atoms with Crippen LogP contribution in [0.4, 0.5) is 0 Å². The highest BCUT2D eigenvalue weighted by atomic mass is 35.5. The summed E-state index contributed by atoms with van der Waals surface area (Å²) in [6.07, 6.45) is 2.07. The average molecular weight is 252 g/mol. The van der Waals surface area contributed by atoms with E-state index in [1.165, 1.54) is 0 Å². The van der Waals surface area contributed by atoms with Crippen LogP contribution in [0.1, 0.15) is 17.7 Å². The summed E-state index contributed by atoms with van der Waals surface area (Å²) in [5, 5.41) is 6.55. The zero-order valence-electron chi connectivity index (χ0n) is 8.46. The van der Waals surface area contributed by atoms with E-state index >= 15 is 0 Å². The van der Waals surface area contributed by atoms with Crippen LogP contribution in [0.15, 0.2) is 6.20 Å². The van der Waals surface area contributed by atoms with Crippen LogP contribution in [0.2, 0.25) is 0 Å². The number of halogens is 1. The Kier molecular flexibility index (Phi) is 4.56. The summed E-state index contributed by atoms with van der Waals surface area (Å²) >= 11 is 5.43. The SMILES string of the molecule is Cc1[nH]ncc1CNS(=O)(=O)CCCCl. The van der Waals surface area contributed by atoms with Crippen LogP contribution < -0.4 is 4.72 Å². The monoisotopic (exact) mass is 251 g/mol.